The van der Waals surface area contributed by atoms with Crippen LogP contribution in [0, 0.1) is 12.7 Å². The number of nitrogens with zero attached hydrogens (tertiary/aromatic N) is 2. The van der Waals surface area contributed by atoms with Crippen molar-refractivity contribution in [2.24, 2.45) is 0 Å². The summed E-state index contributed by atoms with van der Waals surface area (Å²) in [6.45, 7) is 3.80. The van der Waals surface area contributed by atoms with Crippen molar-refractivity contribution in [3.05, 3.63) is 76.7 Å². The van der Waals surface area contributed by atoms with E-state index in [0.717, 1.165) is 32.8 Å². The summed E-state index contributed by atoms with van der Waals surface area (Å²) in [6, 6.07) is 13.0. The number of benzene rings is 2. The summed E-state index contributed by atoms with van der Waals surface area (Å²) in [5.41, 5.74) is 4.48. The van der Waals surface area contributed by atoms with Crippen LogP contribution in [-0.2, 0) is 6.42 Å². The molecule has 0 spiro atoms. The molecule has 0 N–H and O–H groups in total. The number of hydrogen-bond donors (Lipinski definition) is 0. The van der Waals surface area contributed by atoms with E-state index in [1.807, 2.05) is 0 Å². The van der Waals surface area contributed by atoms with E-state index in [1.54, 1.807) is 24.3 Å². The molecule has 0 amide bonds. The molecule has 0 radical (unpaired) electrons. The van der Waals surface area contributed by atoms with Gasteiger partial charge in [-0.15, -0.1) is 11.3 Å². The van der Waals surface area contributed by atoms with E-state index in [1.165, 1.54) is 35.8 Å². The Labute approximate surface area is 177 Å². The van der Waals surface area contributed by atoms with E-state index in [-0.39, 0.29) is 17.4 Å². The quantitative estimate of drug-likeness (QED) is 0.206. The van der Waals surface area contributed by atoms with Crippen LogP contribution in [0.3, 0.4) is 0 Å². The Morgan fingerprint density at radius 1 is 1.14 bits per heavy atom. The SMILES string of the molecule is CCc1ccc(-c2csc3ncnc(SCC(=O)c4ccc(F)c(C)c4)c23)cc1. The molecule has 0 aliphatic heterocycles. The molecule has 29 heavy (non-hydrogen) atoms. The van der Waals surface area contributed by atoms with Crippen LogP contribution in [0.15, 0.2) is 59.2 Å². The first-order valence-corrected chi connectivity index (χ1v) is 11.2. The highest BCUT2D eigenvalue weighted by Crippen LogP contribution is 2.38. The molecule has 0 aliphatic rings. The molecule has 0 aliphatic carbocycles. The first-order chi connectivity index (χ1) is 14.1. The largest absolute Gasteiger partial charge is 0.293 e. The molecule has 2 aromatic carbocycles. The maximum atomic E-state index is 13.5. The Kier molecular flexibility index (Phi) is 5.74. The molecule has 0 atom stereocenters. The predicted molar refractivity (Wildman–Crippen MR) is 118 cm³/mol. The normalized spacial score (nSPS) is 11.1. The van der Waals surface area contributed by atoms with Crippen molar-refractivity contribution in [3.8, 4) is 11.1 Å². The van der Waals surface area contributed by atoms with Crippen LogP contribution in [0.1, 0.15) is 28.4 Å². The molecular formula is C23H19FN2OS2. The van der Waals surface area contributed by atoms with Crippen molar-refractivity contribution in [3.63, 3.8) is 0 Å². The van der Waals surface area contributed by atoms with Gasteiger partial charge in [0.25, 0.3) is 0 Å². The molecule has 0 unspecified atom stereocenters. The van der Waals surface area contributed by atoms with E-state index in [2.05, 4.69) is 46.5 Å². The van der Waals surface area contributed by atoms with Crippen molar-refractivity contribution in [1.82, 2.24) is 9.97 Å². The number of thioether (sulfide) groups is 1. The second kappa shape index (κ2) is 8.43. The summed E-state index contributed by atoms with van der Waals surface area (Å²) >= 11 is 2.97. The molecule has 0 saturated heterocycles. The first kappa shape index (κ1) is 19.7. The van der Waals surface area contributed by atoms with Crippen molar-refractivity contribution >= 4 is 39.1 Å². The van der Waals surface area contributed by atoms with E-state index in [0.29, 0.717) is 11.1 Å². The summed E-state index contributed by atoms with van der Waals surface area (Å²) in [4.78, 5) is 22.3. The van der Waals surface area contributed by atoms with Gasteiger partial charge in [-0.25, -0.2) is 14.4 Å². The minimum atomic E-state index is -0.302. The predicted octanol–water partition coefficient (Wildman–Crippen LogP) is 6.34. The number of thiophene rings is 1. The molecule has 2 aromatic heterocycles. The van der Waals surface area contributed by atoms with Crippen LogP contribution in [0.5, 0.6) is 0 Å². The third kappa shape index (κ3) is 4.09. The summed E-state index contributed by atoms with van der Waals surface area (Å²) in [7, 11) is 0. The van der Waals surface area contributed by atoms with Crippen LogP contribution in [0.2, 0.25) is 0 Å². The fourth-order valence-corrected chi connectivity index (χ4v) is 5.01. The lowest BCUT2D eigenvalue weighted by Gasteiger charge is -2.06. The van der Waals surface area contributed by atoms with Gasteiger partial charge in [-0.05, 0) is 48.2 Å². The van der Waals surface area contributed by atoms with Crippen molar-refractivity contribution in [2.75, 3.05) is 5.75 Å². The van der Waals surface area contributed by atoms with Gasteiger partial charge in [0.15, 0.2) is 5.78 Å². The molecule has 0 bridgehead atoms. The Bertz CT molecular complexity index is 1190. The maximum Gasteiger partial charge on any atom is 0.173 e. The molecule has 0 fully saturated rings. The van der Waals surface area contributed by atoms with E-state index in [4.69, 9.17) is 0 Å². The lowest BCUT2D eigenvalue weighted by Crippen LogP contribution is -2.03. The van der Waals surface area contributed by atoms with Crippen molar-refractivity contribution in [2.45, 2.75) is 25.3 Å². The Balaban J connectivity index is 1.62. The number of aryl methyl sites for hydroxylation is 2. The number of fused-ring (bicyclic) bond motifs is 1. The number of halogens is 1. The summed E-state index contributed by atoms with van der Waals surface area (Å²) in [6.07, 6.45) is 2.54. The summed E-state index contributed by atoms with van der Waals surface area (Å²) in [5.74, 6) is -0.112. The number of rotatable bonds is 6. The minimum absolute atomic E-state index is 0.0473. The number of carbonyl (C=O) groups is 1. The number of ketones is 1. The Morgan fingerprint density at radius 2 is 1.93 bits per heavy atom. The number of carbonyl (C=O) groups excluding carboxylic acids is 1. The number of Topliss-reactive ketones (excluding diaryl/α,β-unsaturated/α-hetero) is 1. The monoisotopic (exact) mass is 422 g/mol. The smallest absolute Gasteiger partial charge is 0.173 e. The summed E-state index contributed by atoms with van der Waals surface area (Å²) < 4.78 is 13.5. The van der Waals surface area contributed by atoms with Gasteiger partial charge < -0.3 is 0 Å². The zero-order valence-corrected chi connectivity index (χ0v) is 17.7. The highest BCUT2D eigenvalue weighted by molar-refractivity contribution is 8.00. The van der Waals surface area contributed by atoms with Crippen LogP contribution in [0.25, 0.3) is 21.3 Å². The van der Waals surface area contributed by atoms with Gasteiger partial charge in [0.05, 0.1) is 11.1 Å². The zero-order valence-electron chi connectivity index (χ0n) is 16.1. The fraction of sp³-hybridized carbons (Fsp3) is 0.174. The first-order valence-electron chi connectivity index (χ1n) is 9.30. The third-order valence-corrected chi connectivity index (χ3v) is 6.70. The zero-order chi connectivity index (χ0) is 20.4. The van der Waals surface area contributed by atoms with Gasteiger partial charge in [0, 0.05) is 16.5 Å². The van der Waals surface area contributed by atoms with Crippen LogP contribution >= 0.6 is 23.1 Å². The second-order valence-electron chi connectivity index (χ2n) is 6.73. The number of hydrogen-bond acceptors (Lipinski definition) is 5. The van der Waals surface area contributed by atoms with Gasteiger partial charge in [0.1, 0.15) is 22.0 Å². The fourth-order valence-electron chi connectivity index (χ4n) is 3.12. The van der Waals surface area contributed by atoms with Gasteiger partial charge in [-0.1, -0.05) is 43.0 Å². The van der Waals surface area contributed by atoms with E-state index < -0.39 is 0 Å². The Morgan fingerprint density at radius 3 is 2.66 bits per heavy atom. The van der Waals surface area contributed by atoms with Crippen molar-refractivity contribution < 1.29 is 9.18 Å². The lowest BCUT2D eigenvalue weighted by molar-refractivity contribution is 0.102. The molecular weight excluding hydrogens is 403 g/mol. The second-order valence-corrected chi connectivity index (χ2v) is 8.56. The van der Waals surface area contributed by atoms with E-state index in [9.17, 15) is 9.18 Å². The molecule has 146 valence electrons. The molecule has 3 nitrogen and oxygen atoms in total. The van der Waals surface area contributed by atoms with Crippen molar-refractivity contribution in [1.29, 1.82) is 0 Å². The number of aromatic nitrogens is 2. The molecule has 6 heteroatoms. The average molecular weight is 423 g/mol. The minimum Gasteiger partial charge on any atom is -0.293 e. The van der Waals surface area contributed by atoms with Crippen LogP contribution in [0.4, 0.5) is 4.39 Å². The lowest BCUT2D eigenvalue weighted by atomic mass is 10.0. The van der Waals surface area contributed by atoms with Gasteiger partial charge >= 0.3 is 0 Å². The highest BCUT2D eigenvalue weighted by Gasteiger charge is 2.16. The molecule has 0 saturated carbocycles. The van der Waals surface area contributed by atoms with E-state index >= 15 is 0 Å². The molecule has 2 heterocycles. The van der Waals surface area contributed by atoms with Crippen LogP contribution < -0.4 is 0 Å². The topological polar surface area (TPSA) is 42.9 Å². The average Bonchev–Trinajstić information content (AvgIpc) is 3.19. The molecule has 4 rings (SSSR count). The third-order valence-electron chi connectivity index (χ3n) is 4.83. The summed E-state index contributed by atoms with van der Waals surface area (Å²) in [5, 5.41) is 3.86. The van der Waals surface area contributed by atoms with Gasteiger partial charge in [0.2, 0.25) is 0 Å². The van der Waals surface area contributed by atoms with Gasteiger partial charge in [-0.2, -0.15) is 0 Å². The molecule has 4 aromatic rings. The van der Waals surface area contributed by atoms with Crippen LogP contribution in [-0.4, -0.2) is 21.5 Å². The van der Waals surface area contributed by atoms with Gasteiger partial charge in [-0.3, -0.25) is 4.79 Å². The highest BCUT2D eigenvalue weighted by atomic mass is 32.2. The Hall–Kier alpha value is -2.57. The standard InChI is InChI=1S/C23H19FN2OS2/c1-3-15-4-6-16(7-5-15)18-11-28-22-21(18)23(26-13-25-22)29-12-20(27)17-8-9-19(24)14(2)10-17/h4-11,13H,3,12H2,1-2H3. The maximum absolute atomic E-state index is 13.5.